The highest BCUT2D eigenvalue weighted by molar-refractivity contribution is 5.92. The standard InChI is InChI=1S/C27H28F5N9O2/c1-11(15-7-13(28)9-35-23(15)34)37-24-18-22(39-26(40-24)43-10-14-5-4-6-41(14)3)20(29)21(38-25(18)42)16-8-17(33)36-12(2)19(16)27(30,31)32/h7-9,11,14H,4-6,10H2,1-3H3,(H2,33,36)(H2,34,35)(H,38,42)(H,37,39,40)/t11-,14+/m1/s1. The first kappa shape index (κ1) is 29.9. The van der Waals surface area contributed by atoms with E-state index in [0.29, 0.717) is 0 Å². The summed E-state index contributed by atoms with van der Waals surface area (Å²) in [6, 6.07) is 0.839. The minimum absolute atomic E-state index is 0.00629. The van der Waals surface area contributed by atoms with E-state index in [0.717, 1.165) is 44.6 Å². The highest BCUT2D eigenvalue weighted by Gasteiger charge is 2.38. The second kappa shape index (κ2) is 11.2. The van der Waals surface area contributed by atoms with Crippen molar-refractivity contribution in [2.45, 2.75) is 44.9 Å². The number of aromatic nitrogens is 5. The van der Waals surface area contributed by atoms with E-state index in [1.165, 1.54) is 0 Å². The first-order valence-electron chi connectivity index (χ1n) is 13.2. The smallest absolute Gasteiger partial charge is 0.418 e. The number of anilines is 3. The predicted octanol–water partition coefficient (Wildman–Crippen LogP) is 4.19. The van der Waals surface area contributed by atoms with Crippen LogP contribution >= 0.6 is 0 Å². The molecule has 1 aliphatic rings. The van der Waals surface area contributed by atoms with E-state index < -0.39 is 62.8 Å². The van der Waals surface area contributed by atoms with Crippen LogP contribution < -0.4 is 27.1 Å². The molecule has 2 atom stereocenters. The summed E-state index contributed by atoms with van der Waals surface area (Å²) in [6.45, 7) is 3.63. The lowest BCUT2D eigenvalue weighted by molar-refractivity contribution is -0.137. The molecule has 0 unspecified atom stereocenters. The molecule has 0 saturated carbocycles. The van der Waals surface area contributed by atoms with E-state index in [4.69, 9.17) is 16.2 Å². The number of H-pyrrole nitrogens is 1. The fraction of sp³-hybridized carbons (Fsp3) is 0.370. The molecule has 1 saturated heterocycles. The number of nitrogens with zero attached hydrogens (tertiary/aromatic N) is 5. The Hall–Kier alpha value is -4.60. The molecule has 228 valence electrons. The van der Waals surface area contributed by atoms with Crippen LogP contribution in [-0.2, 0) is 6.18 Å². The van der Waals surface area contributed by atoms with Gasteiger partial charge in [0, 0.05) is 17.2 Å². The molecular weight excluding hydrogens is 577 g/mol. The van der Waals surface area contributed by atoms with Crippen molar-refractivity contribution in [3.63, 3.8) is 0 Å². The van der Waals surface area contributed by atoms with Gasteiger partial charge in [-0.2, -0.15) is 23.1 Å². The molecule has 4 aromatic heterocycles. The summed E-state index contributed by atoms with van der Waals surface area (Å²) >= 11 is 0. The third-order valence-electron chi connectivity index (χ3n) is 7.37. The second-order valence-corrected chi connectivity index (χ2v) is 10.4. The van der Waals surface area contributed by atoms with Gasteiger partial charge in [-0.3, -0.25) is 4.79 Å². The van der Waals surface area contributed by atoms with Gasteiger partial charge in [-0.15, -0.1) is 0 Å². The van der Waals surface area contributed by atoms with Crippen molar-refractivity contribution >= 4 is 28.4 Å². The molecule has 0 radical (unpaired) electrons. The Bertz CT molecular complexity index is 1760. The Labute approximate surface area is 241 Å². The minimum atomic E-state index is -4.95. The van der Waals surface area contributed by atoms with Crippen molar-refractivity contribution in [3.8, 4) is 17.3 Å². The van der Waals surface area contributed by atoms with Crippen molar-refractivity contribution in [2.75, 3.05) is 37.0 Å². The molecular formula is C27H28F5N9O2. The van der Waals surface area contributed by atoms with Gasteiger partial charge in [-0.25, -0.2) is 18.7 Å². The van der Waals surface area contributed by atoms with Gasteiger partial charge in [0.15, 0.2) is 5.82 Å². The number of nitrogens with two attached hydrogens (primary N) is 2. The van der Waals surface area contributed by atoms with E-state index >= 15 is 4.39 Å². The van der Waals surface area contributed by atoms with Crippen LogP contribution in [0, 0.1) is 18.6 Å². The Kier molecular flexibility index (Phi) is 7.81. The number of hydrogen-bond acceptors (Lipinski definition) is 10. The fourth-order valence-electron chi connectivity index (χ4n) is 5.23. The summed E-state index contributed by atoms with van der Waals surface area (Å²) in [5, 5.41) is 2.49. The third kappa shape index (κ3) is 5.86. The zero-order valence-electron chi connectivity index (χ0n) is 23.3. The van der Waals surface area contributed by atoms with E-state index in [2.05, 4.69) is 35.1 Å². The minimum Gasteiger partial charge on any atom is -0.462 e. The van der Waals surface area contributed by atoms with Crippen LogP contribution in [0.25, 0.3) is 22.2 Å². The zero-order chi connectivity index (χ0) is 31.2. The van der Waals surface area contributed by atoms with Crippen molar-refractivity contribution in [1.82, 2.24) is 29.8 Å². The molecule has 43 heavy (non-hydrogen) atoms. The largest absolute Gasteiger partial charge is 0.462 e. The molecule has 1 aliphatic heterocycles. The summed E-state index contributed by atoms with van der Waals surface area (Å²) < 4.78 is 78.1. The molecule has 16 heteroatoms. The average Bonchev–Trinajstić information content (AvgIpc) is 3.33. The number of fused-ring (bicyclic) bond motifs is 1. The highest BCUT2D eigenvalue weighted by Crippen LogP contribution is 2.40. The maximum atomic E-state index is 16.2. The number of hydrogen-bond donors (Lipinski definition) is 4. The predicted molar refractivity (Wildman–Crippen MR) is 149 cm³/mol. The number of rotatable bonds is 7. The number of likely N-dealkylation sites (N-methyl/N-ethyl adjacent to an activating group) is 1. The lowest BCUT2D eigenvalue weighted by Gasteiger charge is -2.21. The summed E-state index contributed by atoms with van der Waals surface area (Å²) in [5.41, 5.74) is 6.94. The summed E-state index contributed by atoms with van der Waals surface area (Å²) in [5.74, 6) is -2.49. The Morgan fingerprint density at radius 1 is 1.21 bits per heavy atom. The number of nitrogen functional groups attached to an aromatic ring is 2. The number of ether oxygens (including phenoxy) is 1. The van der Waals surface area contributed by atoms with Crippen molar-refractivity contribution in [3.05, 3.63) is 57.1 Å². The first-order valence-corrected chi connectivity index (χ1v) is 13.2. The van der Waals surface area contributed by atoms with Crippen LogP contribution in [0.5, 0.6) is 6.01 Å². The zero-order valence-corrected chi connectivity index (χ0v) is 23.3. The van der Waals surface area contributed by atoms with Crippen LogP contribution in [-0.4, -0.2) is 56.1 Å². The molecule has 6 N–H and O–H groups in total. The molecule has 0 bridgehead atoms. The third-order valence-corrected chi connectivity index (χ3v) is 7.37. The lowest BCUT2D eigenvalue weighted by atomic mass is 10.0. The molecule has 0 spiro atoms. The molecule has 4 aromatic rings. The van der Waals surface area contributed by atoms with Crippen LogP contribution in [0.2, 0.25) is 0 Å². The molecule has 5 heterocycles. The topological polar surface area (TPSA) is 161 Å². The fourth-order valence-corrected chi connectivity index (χ4v) is 5.23. The van der Waals surface area contributed by atoms with Crippen molar-refractivity contribution in [1.29, 1.82) is 0 Å². The van der Waals surface area contributed by atoms with Crippen LogP contribution in [0.1, 0.15) is 42.6 Å². The van der Waals surface area contributed by atoms with Crippen molar-refractivity contribution in [2.24, 2.45) is 0 Å². The van der Waals surface area contributed by atoms with Gasteiger partial charge in [-0.05, 0) is 52.4 Å². The normalized spacial score (nSPS) is 16.5. The SMILES string of the molecule is Cc1nc(N)cc(-c2[nH]c(=O)c3c(N[C@H](C)c4cc(F)cnc4N)nc(OC[C@@H]4CCCN4C)nc3c2F)c1C(F)(F)F. The number of aryl methyl sites for hydroxylation is 1. The maximum Gasteiger partial charge on any atom is 0.418 e. The first-order chi connectivity index (χ1) is 20.2. The second-order valence-electron chi connectivity index (χ2n) is 10.4. The van der Waals surface area contributed by atoms with Gasteiger partial charge in [0.1, 0.15) is 40.8 Å². The Balaban J connectivity index is 1.69. The number of pyridine rings is 3. The van der Waals surface area contributed by atoms with Gasteiger partial charge in [0.05, 0.1) is 29.2 Å². The summed E-state index contributed by atoms with van der Waals surface area (Å²) in [4.78, 5) is 33.5. The van der Waals surface area contributed by atoms with Gasteiger partial charge in [0.2, 0.25) is 0 Å². The number of likely N-dealkylation sites (tertiary alicyclic amines) is 1. The van der Waals surface area contributed by atoms with Gasteiger partial charge in [-0.1, -0.05) is 0 Å². The molecule has 0 amide bonds. The van der Waals surface area contributed by atoms with Gasteiger partial charge < -0.3 is 31.4 Å². The molecule has 11 nitrogen and oxygen atoms in total. The summed E-state index contributed by atoms with van der Waals surface area (Å²) in [6.07, 6.45) is -2.24. The Morgan fingerprint density at radius 2 is 1.95 bits per heavy atom. The number of aromatic amines is 1. The quantitative estimate of drug-likeness (QED) is 0.225. The molecule has 0 aliphatic carbocycles. The Morgan fingerprint density at radius 3 is 2.63 bits per heavy atom. The van der Waals surface area contributed by atoms with E-state index in [1.54, 1.807) is 6.92 Å². The van der Waals surface area contributed by atoms with Crippen LogP contribution in [0.15, 0.2) is 23.1 Å². The van der Waals surface area contributed by atoms with E-state index in [-0.39, 0.29) is 41.7 Å². The number of nitrogens with one attached hydrogen (secondary N) is 2. The van der Waals surface area contributed by atoms with Crippen LogP contribution in [0.4, 0.5) is 39.4 Å². The molecule has 0 aromatic carbocycles. The lowest BCUT2D eigenvalue weighted by Crippen LogP contribution is -2.31. The average molecular weight is 606 g/mol. The van der Waals surface area contributed by atoms with Gasteiger partial charge in [0.25, 0.3) is 5.56 Å². The van der Waals surface area contributed by atoms with E-state index in [9.17, 15) is 22.4 Å². The number of alkyl halides is 3. The van der Waals surface area contributed by atoms with E-state index in [1.807, 2.05) is 7.05 Å². The van der Waals surface area contributed by atoms with Crippen LogP contribution in [0.3, 0.4) is 0 Å². The molecule has 5 rings (SSSR count). The highest BCUT2D eigenvalue weighted by atomic mass is 19.4. The molecule has 1 fully saturated rings. The maximum absolute atomic E-state index is 16.2. The van der Waals surface area contributed by atoms with Gasteiger partial charge >= 0.3 is 12.2 Å². The van der Waals surface area contributed by atoms with Crippen molar-refractivity contribution < 1.29 is 26.7 Å². The number of halogens is 5. The monoisotopic (exact) mass is 605 g/mol. The summed E-state index contributed by atoms with van der Waals surface area (Å²) in [7, 11) is 1.92.